The summed E-state index contributed by atoms with van der Waals surface area (Å²) in [5.74, 6) is 0.268. The molecule has 1 heterocycles. The molecule has 3 N–H and O–H groups in total. The third-order valence-corrected chi connectivity index (χ3v) is 3.95. The lowest BCUT2D eigenvalue weighted by molar-refractivity contribution is 0.476. The first-order valence-corrected chi connectivity index (χ1v) is 7.32. The number of aromatic nitrogens is 1. The highest BCUT2D eigenvalue weighted by molar-refractivity contribution is 7.19. The number of fused-ring (bicyclic) bond motifs is 1. The number of nitrogens with zero attached hydrogens (tertiary/aromatic N) is 1. The van der Waals surface area contributed by atoms with Crippen molar-refractivity contribution in [1.29, 1.82) is 0 Å². The molecule has 0 unspecified atom stereocenters. The first kappa shape index (κ1) is 13.4. The maximum Gasteiger partial charge on any atom is 0.117 e. The Kier molecular flexibility index (Phi) is 3.71. The summed E-state index contributed by atoms with van der Waals surface area (Å²) in [6, 6.07) is 12.9. The molecule has 3 rings (SSSR count). The summed E-state index contributed by atoms with van der Waals surface area (Å²) in [5, 5.41) is 10.4. The number of anilines is 1. The lowest BCUT2D eigenvalue weighted by atomic mass is 10.2. The SMILES string of the molecule is Nc1ccc(/C=C/C=C/c2nc3ccc(O)cc3s2)cc1. The molecular formula is C17H14N2OS. The number of hydrogen-bond donors (Lipinski definition) is 2. The summed E-state index contributed by atoms with van der Waals surface area (Å²) in [5.41, 5.74) is 8.41. The van der Waals surface area contributed by atoms with Crippen molar-refractivity contribution in [1.82, 2.24) is 4.98 Å². The van der Waals surface area contributed by atoms with E-state index in [1.54, 1.807) is 23.5 Å². The van der Waals surface area contributed by atoms with Crippen molar-refractivity contribution in [2.75, 3.05) is 5.73 Å². The van der Waals surface area contributed by atoms with Crippen LogP contribution in [0.4, 0.5) is 5.69 Å². The Bertz CT molecular complexity index is 816. The average Bonchev–Trinajstić information content (AvgIpc) is 2.87. The Morgan fingerprint density at radius 3 is 2.57 bits per heavy atom. The fourth-order valence-corrected chi connectivity index (χ4v) is 2.83. The van der Waals surface area contributed by atoms with Crippen LogP contribution in [-0.2, 0) is 0 Å². The number of thiazole rings is 1. The van der Waals surface area contributed by atoms with Gasteiger partial charge in [0.15, 0.2) is 0 Å². The summed E-state index contributed by atoms with van der Waals surface area (Å²) in [4.78, 5) is 4.48. The zero-order valence-electron chi connectivity index (χ0n) is 11.2. The minimum atomic E-state index is 0.268. The van der Waals surface area contributed by atoms with E-state index in [0.717, 1.165) is 26.5 Å². The molecule has 0 radical (unpaired) electrons. The molecule has 1 aromatic heterocycles. The minimum Gasteiger partial charge on any atom is -0.508 e. The lowest BCUT2D eigenvalue weighted by Crippen LogP contribution is -1.82. The Morgan fingerprint density at radius 1 is 1.00 bits per heavy atom. The van der Waals surface area contributed by atoms with Crippen molar-refractivity contribution < 1.29 is 5.11 Å². The highest BCUT2D eigenvalue weighted by Crippen LogP contribution is 2.26. The van der Waals surface area contributed by atoms with Gasteiger partial charge >= 0.3 is 0 Å². The minimum absolute atomic E-state index is 0.268. The van der Waals surface area contributed by atoms with E-state index in [0.29, 0.717) is 0 Å². The molecule has 3 aromatic rings. The molecule has 3 nitrogen and oxygen atoms in total. The topological polar surface area (TPSA) is 59.1 Å². The summed E-state index contributed by atoms with van der Waals surface area (Å²) in [7, 11) is 0. The maximum absolute atomic E-state index is 9.44. The highest BCUT2D eigenvalue weighted by Gasteiger charge is 2.01. The second-order valence-corrected chi connectivity index (χ2v) is 5.65. The number of aromatic hydroxyl groups is 1. The van der Waals surface area contributed by atoms with Gasteiger partial charge in [-0.15, -0.1) is 11.3 Å². The van der Waals surface area contributed by atoms with Gasteiger partial charge in [0.05, 0.1) is 10.2 Å². The van der Waals surface area contributed by atoms with E-state index >= 15 is 0 Å². The van der Waals surface area contributed by atoms with Crippen molar-refractivity contribution in [3.63, 3.8) is 0 Å². The first-order valence-electron chi connectivity index (χ1n) is 6.50. The predicted molar refractivity (Wildman–Crippen MR) is 90.2 cm³/mol. The monoisotopic (exact) mass is 294 g/mol. The number of benzene rings is 2. The molecule has 0 spiro atoms. The van der Waals surface area contributed by atoms with Crippen LogP contribution >= 0.6 is 11.3 Å². The number of hydrogen-bond acceptors (Lipinski definition) is 4. The third-order valence-electron chi connectivity index (χ3n) is 2.96. The van der Waals surface area contributed by atoms with Crippen LogP contribution in [-0.4, -0.2) is 10.1 Å². The van der Waals surface area contributed by atoms with Gasteiger partial charge in [-0.05, 0) is 42.0 Å². The van der Waals surface area contributed by atoms with Crippen molar-refractivity contribution in [2.24, 2.45) is 0 Å². The van der Waals surface area contributed by atoms with Gasteiger partial charge in [0, 0.05) is 5.69 Å². The molecule has 0 bridgehead atoms. The normalized spacial score (nSPS) is 11.8. The average molecular weight is 294 g/mol. The molecule has 0 amide bonds. The van der Waals surface area contributed by atoms with Gasteiger partial charge in [0.1, 0.15) is 10.8 Å². The van der Waals surface area contributed by atoms with Crippen molar-refractivity contribution in [3.05, 3.63) is 65.2 Å². The van der Waals surface area contributed by atoms with Crippen LogP contribution in [0, 0.1) is 0 Å². The van der Waals surface area contributed by atoms with E-state index in [2.05, 4.69) is 4.98 Å². The zero-order valence-corrected chi connectivity index (χ0v) is 12.0. The second-order valence-electron chi connectivity index (χ2n) is 4.59. The van der Waals surface area contributed by atoms with Crippen LogP contribution in [0.15, 0.2) is 54.6 Å². The van der Waals surface area contributed by atoms with Gasteiger partial charge in [0.25, 0.3) is 0 Å². The van der Waals surface area contributed by atoms with Gasteiger partial charge in [-0.25, -0.2) is 4.98 Å². The van der Waals surface area contributed by atoms with Crippen LogP contribution < -0.4 is 5.73 Å². The summed E-state index contributed by atoms with van der Waals surface area (Å²) < 4.78 is 0.983. The van der Waals surface area contributed by atoms with Crippen molar-refractivity contribution in [3.8, 4) is 5.75 Å². The molecule has 0 saturated carbocycles. The molecule has 0 atom stereocenters. The Hall–Kier alpha value is -2.59. The number of allylic oxidation sites excluding steroid dienone is 2. The largest absolute Gasteiger partial charge is 0.508 e. The molecule has 4 heteroatoms. The van der Waals surface area contributed by atoms with Gasteiger partial charge in [-0.2, -0.15) is 0 Å². The smallest absolute Gasteiger partial charge is 0.117 e. The quantitative estimate of drug-likeness (QED) is 0.559. The van der Waals surface area contributed by atoms with Crippen LogP contribution in [0.5, 0.6) is 5.75 Å². The second kappa shape index (κ2) is 5.81. The summed E-state index contributed by atoms with van der Waals surface area (Å²) in [6.07, 6.45) is 7.88. The molecule has 0 aliphatic rings. The van der Waals surface area contributed by atoms with Gasteiger partial charge in [-0.3, -0.25) is 0 Å². The molecule has 2 aromatic carbocycles. The van der Waals surface area contributed by atoms with Crippen LogP contribution in [0.3, 0.4) is 0 Å². The lowest BCUT2D eigenvalue weighted by Gasteiger charge is -1.93. The fraction of sp³-hybridized carbons (Fsp3) is 0. The van der Waals surface area contributed by atoms with Crippen molar-refractivity contribution in [2.45, 2.75) is 0 Å². The molecule has 0 saturated heterocycles. The van der Waals surface area contributed by atoms with Gasteiger partial charge < -0.3 is 10.8 Å². The number of nitrogens with two attached hydrogens (primary N) is 1. The molecular weight excluding hydrogens is 280 g/mol. The van der Waals surface area contributed by atoms with Gasteiger partial charge in [-0.1, -0.05) is 30.4 Å². The molecule has 0 aliphatic carbocycles. The summed E-state index contributed by atoms with van der Waals surface area (Å²) in [6.45, 7) is 0. The van der Waals surface area contributed by atoms with Crippen LogP contribution in [0.2, 0.25) is 0 Å². The molecule has 21 heavy (non-hydrogen) atoms. The number of phenols is 1. The first-order chi connectivity index (χ1) is 10.2. The number of nitrogen functional groups attached to an aromatic ring is 1. The standard InChI is InChI=1S/C17H14N2OS/c18-13-7-5-12(6-8-13)3-1-2-4-17-19-15-10-9-14(20)11-16(15)21-17/h1-11,20H,18H2/b3-1+,4-2+. The highest BCUT2D eigenvalue weighted by atomic mass is 32.1. The van der Waals surface area contributed by atoms with E-state index in [9.17, 15) is 5.11 Å². The van der Waals surface area contributed by atoms with E-state index < -0.39 is 0 Å². The van der Waals surface area contributed by atoms with Crippen LogP contribution in [0.25, 0.3) is 22.4 Å². The Labute approximate surface area is 126 Å². The maximum atomic E-state index is 9.44. The molecule has 104 valence electrons. The van der Waals surface area contributed by atoms with Crippen molar-refractivity contribution >= 4 is 39.4 Å². The Morgan fingerprint density at radius 2 is 1.76 bits per heavy atom. The van der Waals surface area contributed by atoms with Crippen LogP contribution in [0.1, 0.15) is 10.6 Å². The molecule has 0 aliphatic heterocycles. The fourth-order valence-electron chi connectivity index (χ4n) is 1.91. The number of rotatable bonds is 3. The predicted octanol–water partition coefficient (Wildman–Crippen LogP) is 4.31. The summed E-state index contributed by atoms with van der Waals surface area (Å²) >= 11 is 1.55. The van der Waals surface area contributed by atoms with E-state index in [1.165, 1.54) is 0 Å². The third kappa shape index (κ3) is 3.30. The van der Waals surface area contributed by atoms with E-state index in [-0.39, 0.29) is 5.75 Å². The van der Waals surface area contributed by atoms with E-state index in [4.69, 9.17) is 5.73 Å². The van der Waals surface area contributed by atoms with E-state index in [1.807, 2.05) is 54.6 Å². The van der Waals surface area contributed by atoms with Gasteiger partial charge in [0.2, 0.25) is 0 Å². The molecule has 0 fully saturated rings. The zero-order chi connectivity index (χ0) is 14.7. The Balaban J connectivity index is 1.73. The number of phenolic OH excluding ortho intramolecular Hbond substituents is 1.